The molecule has 360 valence electrons. The highest BCUT2D eigenvalue weighted by Crippen LogP contribution is 2.36. The van der Waals surface area contributed by atoms with E-state index in [2.05, 4.69) is 92.6 Å². The van der Waals surface area contributed by atoms with Crippen LogP contribution in [0.3, 0.4) is 0 Å². The number of hydrogen-bond acceptors (Lipinski definition) is 9. The van der Waals surface area contributed by atoms with E-state index in [0.717, 1.165) is 123 Å². The van der Waals surface area contributed by atoms with E-state index in [1.54, 1.807) is 0 Å². The summed E-state index contributed by atoms with van der Waals surface area (Å²) in [5, 5.41) is 2.57. The molecular weight excluding hydrogens is 895 g/mol. The second-order valence-electron chi connectivity index (χ2n) is 18.1. The van der Waals surface area contributed by atoms with Crippen molar-refractivity contribution in [1.29, 1.82) is 0 Å². The topological polar surface area (TPSA) is 100 Å². The summed E-state index contributed by atoms with van der Waals surface area (Å²) in [4.78, 5) is 47.1. The first-order valence-corrected chi connectivity index (χ1v) is 25.0. The lowest BCUT2D eigenvalue weighted by atomic mass is 9.91. The summed E-state index contributed by atoms with van der Waals surface area (Å²) >= 11 is 0. The van der Waals surface area contributed by atoms with Crippen molar-refractivity contribution in [2.45, 2.75) is 41.5 Å². The average molecular weight is 952 g/mol. The van der Waals surface area contributed by atoms with Gasteiger partial charge in [0.1, 0.15) is 16.7 Å². The van der Waals surface area contributed by atoms with Crippen molar-refractivity contribution >= 4 is 50.0 Å². The number of nitrogens with zero attached hydrogens (tertiary/aromatic N) is 3. The van der Waals surface area contributed by atoms with Crippen LogP contribution < -0.4 is 31.6 Å². The molecule has 7 aromatic carbocycles. The van der Waals surface area contributed by atoms with Gasteiger partial charge in [0.25, 0.3) is 0 Å². The summed E-state index contributed by atoms with van der Waals surface area (Å²) in [6.45, 7) is 17.8. The van der Waals surface area contributed by atoms with Crippen LogP contribution in [0.4, 0.5) is 17.1 Å². The Morgan fingerprint density at radius 3 is 0.750 bits per heavy atom. The van der Waals surface area contributed by atoms with E-state index in [4.69, 9.17) is 13.3 Å². The number of rotatable bonds is 15. The summed E-state index contributed by atoms with van der Waals surface area (Å²) in [5.74, 6) is 0. The van der Waals surface area contributed by atoms with Crippen LogP contribution in [0.2, 0.25) is 0 Å². The Morgan fingerprint density at radius 2 is 0.514 bits per heavy atom. The van der Waals surface area contributed by atoms with Crippen molar-refractivity contribution in [1.82, 2.24) is 0 Å². The maximum absolute atomic E-state index is 13.5. The van der Waals surface area contributed by atoms with Gasteiger partial charge in [-0.05, 0) is 164 Å². The van der Waals surface area contributed by atoms with E-state index in [0.29, 0.717) is 33.4 Å². The predicted octanol–water partition coefficient (Wildman–Crippen LogP) is 14.5. The van der Waals surface area contributed by atoms with Crippen molar-refractivity contribution in [3.05, 3.63) is 195 Å². The molecule has 0 atom stereocenters. The molecule has 9 nitrogen and oxygen atoms in total. The Labute approximate surface area is 418 Å². The van der Waals surface area contributed by atoms with E-state index in [1.807, 2.05) is 127 Å². The molecule has 0 aliphatic heterocycles. The number of hydrogen-bond donors (Lipinski definition) is 0. The molecule has 10 rings (SSSR count). The maximum atomic E-state index is 13.5. The van der Waals surface area contributed by atoms with Crippen LogP contribution >= 0.6 is 0 Å². The van der Waals surface area contributed by atoms with Gasteiger partial charge >= 0.3 is 16.9 Å². The third-order valence-corrected chi connectivity index (χ3v) is 14.1. The molecule has 0 fully saturated rings. The van der Waals surface area contributed by atoms with E-state index >= 15 is 0 Å². The van der Waals surface area contributed by atoms with Crippen LogP contribution in [0.1, 0.15) is 41.5 Å². The molecule has 3 aromatic heterocycles. The minimum Gasteiger partial charge on any atom is -0.422 e. The number of benzene rings is 7. The normalized spacial score (nSPS) is 11.4. The molecule has 0 bridgehead atoms. The molecule has 0 N–H and O–H groups in total. The van der Waals surface area contributed by atoms with Crippen molar-refractivity contribution < 1.29 is 13.3 Å². The van der Waals surface area contributed by atoms with Crippen LogP contribution in [-0.2, 0) is 0 Å². The van der Waals surface area contributed by atoms with Gasteiger partial charge in [-0.2, -0.15) is 0 Å². The van der Waals surface area contributed by atoms with Gasteiger partial charge in [-0.15, -0.1) is 0 Å². The molecule has 10 aromatic rings. The van der Waals surface area contributed by atoms with Crippen LogP contribution in [0, 0.1) is 0 Å². The van der Waals surface area contributed by atoms with Gasteiger partial charge in [-0.1, -0.05) is 72.8 Å². The highest BCUT2D eigenvalue weighted by Gasteiger charge is 2.16. The quantitative estimate of drug-likeness (QED) is 0.0930. The minimum atomic E-state index is -0.389. The Hall–Kier alpha value is -8.43. The van der Waals surface area contributed by atoms with Crippen LogP contribution in [0.5, 0.6) is 0 Å². The smallest absolute Gasteiger partial charge is 0.344 e. The van der Waals surface area contributed by atoms with Crippen molar-refractivity contribution in [2.24, 2.45) is 0 Å². The summed E-state index contributed by atoms with van der Waals surface area (Å²) in [7, 11) is 0. The van der Waals surface area contributed by atoms with Crippen molar-refractivity contribution in [3.63, 3.8) is 0 Å². The lowest BCUT2D eigenvalue weighted by Gasteiger charge is -2.21. The molecule has 0 aliphatic rings. The van der Waals surface area contributed by atoms with E-state index in [1.165, 1.54) is 0 Å². The summed E-state index contributed by atoms with van der Waals surface area (Å²) in [5.41, 5.74) is 13.1. The second-order valence-corrected chi connectivity index (χ2v) is 18.1. The lowest BCUT2D eigenvalue weighted by Crippen LogP contribution is -2.21. The molecule has 9 heteroatoms. The predicted molar refractivity (Wildman–Crippen MR) is 298 cm³/mol. The van der Waals surface area contributed by atoms with Crippen LogP contribution in [0.25, 0.3) is 99.7 Å². The zero-order valence-corrected chi connectivity index (χ0v) is 41.6. The van der Waals surface area contributed by atoms with E-state index < -0.39 is 0 Å². The van der Waals surface area contributed by atoms with Crippen LogP contribution in [-0.4, -0.2) is 39.3 Å². The van der Waals surface area contributed by atoms with Gasteiger partial charge in [0.2, 0.25) is 0 Å². The standard InChI is InChI=1S/C63H57N3O6/c1-7-64(8-2)52-28-25-46-34-55(61(67)70-58(46)37-52)43-19-13-40(14-20-43)49-31-50(41-15-21-44(22-16-41)56-35-47-26-29-53(65(9-3)10-4)38-59(47)71-62(56)68)33-51(32-49)42-17-23-45(24-18-42)57-36-48-27-30-54(66(11-5)12-6)39-60(48)72-63(57)69/h13-39H,7-12H2,1-6H3. The lowest BCUT2D eigenvalue weighted by molar-refractivity contribution is 0.563. The highest BCUT2D eigenvalue weighted by molar-refractivity contribution is 5.89. The molecule has 0 unspecified atom stereocenters. The molecule has 0 saturated heterocycles. The van der Waals surface area contributed by atoms with Crippen molar-refractivity contribution in [3.8, 4) is 66.8 Å². The molecule has 0 spiro atoms. The Morgan fingerprint density at radius 1 is 0.278 bits per heavy atom. The van der Waals surface area contributed by atoms with Crippen molar-refractivity contribution in [2.75, 3.05) is 54.0 Å². The van der Waals surface area contributed by atoms with Gasteiger partial charge < -0.3 is 28.0 Å². The fraction of sp³-hybridized carbons (Fsp3) is 0.190. The highest BCUT2D eigenvalue weighted by atomic mass is 16.4. The second kappa shape index (κ2) is 20.1. The van der Waals surface area contributed by atoms with Gasteiger partial charge in [0, 0.05) is 90.7 Å². The molecule has 0 radical (unpaired) electrons. The van der Waals surface area contributed by atoms with Gasteiger partial charge in [-0.3, -0.25) is 0 Å². The molecule has 72 heavy (non-hydrogen) atoms. The molecular formula is C63H57N3O6. The first-order chi connectivity index (χ1) is 35.1. The zero-order valence-electron chi connectivity index (χ0n) is 41.6. The minimum absolute atomic E-state index is 0.389. The number of anilines is 3. The zero-order chi connectivity index (χ0) is 50.0. The Bertz CT molecular complexity index is 3380. The van der Waals surface area contributed by atoms with E-state index in [-0.39, 0.29) is 16.9 Å². The largest absolute Gasteiger partial charge is 0.422 e. The van der Waals surface area contributed by atoms with Gasteiger partial charge in [0.15, 0.2) is 0 Å². The fourth-order valence-corrected chi connectivity index (χ4v) is 9.91. The molecule has 0 aliphatic carbocycles. The van der Waals surface area contributed by atoms with Gasteiger partial charge in [0.05, 0.1) is 16.7 Å². The first kappa shape index (κ1) is 47.3. The number of fused-ring (bicyclic) bond motifs is 3. The Kier molecular flexibility index (Phi) is 13.2. The van der Waals surface area contributed by atoms with Gasteiger partial charge in [-0.25, -0.2) is 14.4 Å². The average Bonchev–Trinajstić information content (AvgIpc) is 3.41. The first-order valence-electron chi connectivity index (χ1n) is 25.0. The summed E-state index contributed by atoms with van der Waals surface area (Å²) in [6.07, 6.45) is 0. The van der Waals surface area contributed by atoms with Crippen LogP contribution in [0.15, 0.2) is 191 Å². The molecule has 3 heterocycles. The molecule has 0 amide bonds. The summed E-state index contributed by atoms with van der Waals surface area (Å²) < 4.78 is 17.7. The third-order valence-electron chi connectivity index (χ3n) is 14.1. The van der Waals surface area contributed by atoms with E-state index in [9.17, 15) is 14.4 Å². The SMILES string of the molecule is CCN(CC)c1ccc2cc(-c3ccc(-c4cc(-c5ccc(-c6cc7ccc(N(CC)CC)cc7oc6=O)cc5)cc(-c5ccc(-c6cc7ccc(N(CC)CC)cc7oc6=O)cc5)c4)cc3)c(=O)oc2c1. The Balaban J connectivity index is 1.01. The fourth-order valence-electron chi connectivity index (χ4n) is 9.91. The molecule has 0 saturated carbocycles. The maximum Gasteiger partial charge on any atom is 0.344 e. The monoisotopic (exact) mass is 951 g/mol. The summed E-state index contributed by atoms with van der Waals surface area (Å²) in [6, 6.07) is 54.2. The third kappa shape index (κ3) is 9.21.